The molecule has 1 saturated heterocycles. The molecule has 0 aromatic heterocycles. The molecule has 15 heavy (non-hydrogen) atoms. The lowest BCUT2D eigenvalue weighted by Crippen LogP contribution is -2.23. The highest BCUT2D eigenvalue weighted by Gasteiger charge is 2.19. The van der Waals surface area contributed by atoms with Crippen LogP contribution in [0.5, 0.6) is 0 Å². The molecule has 1 unspecified atom stereocenters. The Labute approximate surface area is 92.4 Å². The average molecular weight is 201 g/mol. The van der Waals surface area contributed by atoms with Crippen molar-refractivity contribution in [2.45, 2.75) is 18.8 Å². The Bertz CT molecular complexity index is 328. The summed E-state index contributed by atoms with van der Waals surface area (Å²) in [7, 11) is 2.20. The molecule has 0 radical (unpaired) electrons. The molecule has 0 saturated carbocycles. The Balaban J connectivity index is 2.22. The molecule has 1 atom stereocenters. The van der Waals surface area contributed by atoms with Crippen molar-refractivity contribution < 1.29 is 0 Å². The fraction of sp³-hybridized carbons (Fsp3) is 0.429. The topological polar surface area (TPSA) is 3.24 Å². The van der Waals surface area contributed by atoms with Gasteiger partial charge in [0, 0.05) is 12.5 Å². The minimum Gasteiger partial charge on any atom is -0.305 e. The van der Waals surface area contributed by atoms with Crippen LogP contribution in [0.15, 0.2) is 42.5 Å². The van der Waals surface area contributed by atoms with Crippen molar-refractivity contribution >= 4 is 0 Å². The summed E-state index contributed by atoms with van der Waals surface area (Å²) in [5, 5.41) is 0. The van der Waals surface area contributed by atoms with E-state index >= 15 is 0 Å². The first-order valence-electron chi connectivity index (χ1n) is 5.68. The van der Waals surface area contributed by atoms with Crippen molar-refractivity contribution in [1.29, 1.82) is 0 Å². The van der Waals surface area contributed by atoms with Gasteiger partial charge in [-0.3, -0.25) is 0 Å². The van der Waals surface area contributed by atoms with Gasteiger partial charge in [-0.25, -0.2) is 0 Å². The third-order valence-corrected chi connectivity index (χ3v) is 3.23. The lowest BCUT2D eigenvalue weighted by Gasteiger charge is -2.21. The molecule has 1 aromatic carbocycles. The van der Waals surface area contributed by atoms with Gasteiger partial charge in [0.25, 0.3) is 0 Å². The van der Waals surface area contributed by atoms with Gasteiger partial charge in [0.15, 0.2) is 0 Å². The molecular weight excluding hydrogens is 182 g/mol. The molecule has 1 aliphatic rings. The van der Waals surface area contributed by atoms with Crippen molar-refractivity contribution in [2.24, 2.45) is 0 Å². The molecular formula is C14H19N. The van der Waals surface area contributed by atoms with Crippen LogP contribution < -0.4 is 0 Å². The van der Waals surface area contributed by atoms with Crippen molar-refractivity contribution in [3.05, 3.63) is 48.0 Å². The second kappa shape index (κ2) is 4.63. The van der Waals surface area contributed by atoms with Gasteiger partial charge in [0.1, 0.15) is 0 Å². The summed E-state index contributed by atoms with van der Waals surface area (Å²) in [6.07, 6.45) is 2.42. The van der Waals surface area contributed by atoms with E-state index in [0.29, 0.717) is 5.92 Å². The van der Waals surface area contributed by atoms with Crippen LogP contribution in [-0.2, 0) is 0 Å². The zero-order valence-corrected chi connectivity index (χ0v) is 9.45. The van der Waals surface area contributed by atoms with Crippen molar-refractivity contribution in [3.8, 4) is 0 Å². The summed E-state index contributed by atoms with van der Waals surface area (Å²) in [4.78, 5) is 2.41. The molecule has 2 rings (SSSR count). The normalized spacial score (nSPS) is 23.8. The maximum atomic E-state index is 4.24. The zero-order valence-electron chi connectivity index (χ0n) is 9.45. The first-order chi connectivity index (χ1) is 7.27. The fourth-order valence-corrected chi connectivity index (χ4v) is 2.31. The molecule has 1 heterocycles. The van der Waals surface area contributed by atoms with Gasteiger partial charge in [-0.1, -0.05) is 42.5 Å². The largest absolute Gasteiger partial charge is 0.305 e. The van der Waals surface area contributed by atoms with Gasteiger partial charge in [-0.05, 0) is 32.0 Å². The third kappa shape index (κ3) is 2.48. The Morgan fingerprint density at radius 3 is 2.73 bits per heavy atom. The maximum Gasteiger partial charge on any atom is 0.0173 e. The monoisotopic (exact) mass is 201 g/mol. The molecule has 1 aromatic rings. The molecule has 0 aliphatic carbocycles. The second-order valence-electron chi connectivity index (χ2n) is 4.49. The summed E-state index contributed by atoms with van der Waals surface area (Å²) in [5.41, 5.74) is 2.81. The average Bonchev–Trinajstić information content (AvgIpc) is 2.42. The smallest absolute Gasteiger partial charge is 0.0173 e. The van der Waals surface area contributed by atoms with E-state index in [1.807, 2.05) is 0 Å². The molecule has 1 fully saturated rings. The van der Waals surface area contributed by atoms with Gasteiger partial charge >= 0.3 is 0 Å². The first-order valence-corrected chi connectivity index (χ1v) is 5.68. The van der Waals surface area contributed by atoms with Crippen LogP contribution in [0.2, 0.25) is 0 Å². The second-order valence-corrected chi connectivity index (χ2v) is 4.49. The van der Waals surface area contributed by atoms with E-state index in [9.17, 15) is 0 Å². The molecule has 1 heteroatoms. The number of rotatable bonds is 1. The molecule has 80 valence electrons. The highest BCUT2D eigenvalue weighted by molar-refractivity contribution is 5.28. The molecule has 0 spiro atoms. The Morgan fingerprint density at radius 1 is 1.27 bits per heavy atom. The van der Waals surface area contributed by atoms with E-state index in [1.165, 1.54) is 30.5 Å². The standard InChI is InChI=1S/C14H19N/c1-12-7-6-10-15(2)11-14(12)13-8-4-3-5-9-13/h3-5,8-9,14H,1,6-7,10-11H2,2H3. The van der Waals surface area contributed by atoms with Crippen LogP contribution in [0.3, 0.4) is 0 Å². The number of hydrogen-bond donors (Lipinski definition) is 0. The van der Waals surface area contributed by atoms with Crippen LogP contribution >= 0.6 is 0 Å². The lowest BCUT2D eigenvalue weighted by atomic mass is 9.90. The quantitative estimate of drug-likeness (QED) is 0.631. The summed E-state index contributed by atoms with van der Waals surface area (Å²) in [5.74, 6) is 0.527. The van der Waals surface area contributed by atoms with E-state index in [0.717, 1.165) is 6.54 Å². The fourth-order valence-electron chi connectivity index (χ4n) is 2.31. The number of likely N-dealkylation sites (N-methyl/N-ethyl adjacent to an activating group) is 1. The molecule has 0 bridgehead atoms. The van der Waals surface area contributed by atoms with E-state index < -0.39 is 0 Å². The molecule has 0 N–H and O–H groups in total. The van der Waals surface area contributed by atoms with E-state index in [-0.39, 0.29) is 0 Å². The summed E-state index contributed by atoms with van der Waals surface area (Å²) < 4.78 is 0. The Kier molecular flexibility index (Phi) is 3.22. The third-order valence-electron chi connectivity index (χ3n) is 3.23. The predicted octanol–water partition coefficient (Wildman–Crippen LogP) is 3.05. The molecule has 1 nitrogen and oxygen atoms in total. The van der Waals surface area contributed by atoms with Gasteiger partial charge in [-0.15, -0.1) is 0 Å². The highest BCUT2D eigenvalue weighted by Crippen LogP contribution is 2.29. The van der Waals surface area contributed by atoms with Crippen LogP contribution in [0.4, 0.5) is 0 Å². The van der Waals surface area contributed by atoms with Crippen molar-refractivity contribution in [1.82, 2.24) is 4.90 Å². The number of benzene rings is 1. The van der Waals surface area contributed by atoms with Crippen LogP contribution in [-0.4, -0.2) is 25.0 Å². The summed E-state index contributed by atoms with van der Waals surface area (Å²) in [6, 6.07) is 10.7. The maximum absolute atomic E-state index is 4.24. The van der Waals surface area contributed by atoms with Gasteiger partial charge < -0.3 is 4.90 Å². The van der Waals surface area contributed by atoms with Crippen LogP contribution in [0.25, 0.3) is 0 Å². The SMILES string of the molecule is C=C1CCCN(C)CC1c1ccccc1. The first kappa shape index (κ1) is 10.4. The van der Waals surface area contributed by atoms with E-state index in [2.05, 4.69) is 48.9 Å². The van der Waals surface area contributed by atoms with Crippen LogP contribution in [0, 0.1) is 0 Å². The van der Waals surface area contributed by atoms with Crippen LogP contribution in [0.1, 0.15) is 24.3 Å². The Morgan fingerprint density at radius 2 is 2.00 bits per heavy atom. The summed E-state index contributed by atoms with van der Waals surface area (Å²) >= 11 is 0. The number of likely N-dealkylation sites (tertiary alicyclic amines) is 1. The predicted molar refractivity (Wildman–Crippen MR) is 65.1 cm³/mol. The Hall–Kier alpha value is -1.08. The molecule has 0 amide bonds. The zero-order chi connectivity index (χ0) is 10.7. The minimum absolute atomic E-state index is 0.527. The number of nitrogens with zero attached hydrogens (tertiary/aromatic N) is 1. The van der Waals surface area contributed by atoms with E-state index in [1.54, 1.807) is 0 Å². The van der Waals surface area contributed by atoms with Crippen molar-refractivity contribution in [2.75, 3.05) is 20.1 Å². The van der Waals surface area contributed by atoms with Gasteiger partial charge in [0.05, 0.1) is 0 Å². The van der Waals surface area contributed by atoms with Gasteiger partial charge in [0.2, 0.25) is 0 Å². The highest BCUT2D eigenvalue weighted by atomic mass is 15.1. The summed E-state index contributed by atoms with van der Waals surface area (Å²) in [6.45, 7) is 6.55. The molecule has 1 aliphatic heterocycles. The minimum atomic E-state index is 0.527. The van der Waals surface area contributed by atoms with E-state index in [4.69, 9.17) is 0 Å². The van der Waals surface area contributed by atoms with Gasteiger partial charge in [-0.2, -0.15) is 0 Å². The number of hydrogen-bond acceptors (Lipinski definition) is 1. The van der Waals surface area contributed by atoms with Crippen molar-refractivity contribution in [3.63, 3.8) is 0 Å². The lowest BCUT2D eigenvalue weighted by molar-refractivity contribution is 0.338.